The summed E-state index contributed by atoms with van der Waals surface area (Å²) in [5, 5.41) is 10.2. The second-order valence-corrected chi connectivity index (χ2v) is 4.73. The van der Waals surface area contributed by atoms with Crippen LogP contribution in [0.2, 0.25) is 0 Å². The predicted molar refractivity (Wildman–Crippen MR) is 74.3 cm³/mol. The smallest absolute Gasteiger partial charge is 0.348 e. The molecule has 4 rings (SSSR count). The summed E-state index contributed by atoms with van der Waals surface area (Å²) in [6.45, 7) is -0.0205. The van der Waals surface area contributed by atoms with E-state index in [4.69, 9.17) is 18.6 Å². The van der Waals surface area contributed by atoms with E-state index >= 15 is 0 Å². The molecule has 1 aliphatic heterocycles. The third kappa shape index (κ3) is 1.50. The van der Waals surface area contributed by atoms with Crippen LogP contribution < -0.4 is 19.8 Å². The van der Waals surface area contributed by atoms with Crippen LogP contribution in [0.4, 0.5) is 4.39 Å². The minimum Gasteiger partial charge on any atom is -0.504 e. The van der Waals surface area contributed by atoms with Gasteiger partial charge in [-0.15, -0.1) is 0 Å². The zero-order chi connectivity index (χ0) is 15.4. The number of halogens is 1. The highest BCUT2D eigenvalue weighted by Gasteiger charge is 2.25. The maximum absolute atomic E-state index is 14.3. The summed E-state index contributed by atoms with van der Waals surface area (Å²) in [6, 6.07) is 4.04. The normalized spacial score (nSPS) is 13.0. The summed E-state index contributed by atoms with van der Waals surface area (Å²) in [6.07, 6.45) is 0. The second-order valence-electron chi connectivity index (χ2n) is 4.73. The van der Waals surface area contributed by atoms with Crippen molar-refractivity contribution < 1.29 is 28.1 Å². The van der Waals surface area contributed by atoms with Gasteiger partial charge in [0.2, 0.25) is 12.5 Å². The Morgan fingerprint density at radius 3 is 2.86 bits per heavy atom. The van der Waals surface area contributed by atoms with Crippen molar-refractivity contribution >= 4 is 21.7 Å². The molecule has 1 aliphatic rings. The first kappa shape index (κ1) is 12.8. The fourth-order valence-electron chi connectivity index (χ4n) is 2.67. The number of phenols is 1. The summed E-state index contributed by atoms with van der Waals surface area (Å²) in [4.78, 5) is 12.3. The van der Waals surface area contributed by atoms with Crippen molar-refractivity contribution in [3.8, 4) is 23.0 Å². The lowest BCUT2D eigenvalue weighted by Crippen LogP contribution is -2.03. The molecule has 22 heavy (non-hydrogen) atoms. The first-order chi connectivity index (χ1) is 10.6. The third-order valence-corrected chi connectivity index (χ3v) is 3.58. The van der Waals surface area contributed by atoms with Gasteiger partial charge in [-0.2, -0.15) is 0 Å². The average Bonchev–Trinajstić information content (AvgIpc) is 2.95. The number of phenolic OH excluding ortho intramolecular Hbond substituents is 1. The quantitative estimate of drug-likeness (QED) is 0.550. The number of ether oxygens (including phenoxy) is 3. The van der Waals surface area contributed by atoms with E-state index in [1.54, 1.807) is 12.1 Å². The zero-order valence-electron chi connectivity index (χ0n) is 11.3. The van der Waals surface area contributed by atoms with Gasteiger partial charge in [-0.1, -0.05) is 0 Å². The molecular formula is C15H9FO6. The van der Waals surface area contributed by atoms with Crippen LogP contribution >= 0.6 is 0 Å². The van der Waals surface area contributed by atoms with Gasteiger partial charge in [0.15, 0.2) is 22.8 Å². The van der Waals surface area contributed by atoms with Crippen molar-refractivity contribution in [2.45, 2.75) is 0 Å². The minimum absolute atomic E-state index is 0.0205. The fraction of sp³-hybridized carbons (Fsp3) is 0.133. The largest absolute Gasteiger partial charge is 0.504 e. The molecule has 112 valence electrons. The van der Waals surface area contributed by atoms with Crippen LogP contribution in [-0.4, -0.2) is 19.0 Å². The van der Waals surface area contributed by atoms with Crippen LogP contribution in [0.1, 0.15) is 0 Å². The number of aromatic hydroxyl groups is 1. The van der Waals surface area contributed by atoms with Crippen LogP contribution in [0.3, 0.4) is 0 Å². The Morgan fingerprint density at radius 1 is 1.27 bits per heavy atom. The van der Waals surface area contributed by atoms with E-state index < -0.39 is 17.2 Å². The van der Waals surface area contributed by atoms with Gasteiger partial charge in [0, 0.05) is 11.5 Å². The minimum atomic E-state index is -0.735. The molecule has 0 amide bonds. The van der Waals surface area contributed by atoms with E-state index in [2.05, 4.69) is 0 Å². The molecule has 0 spiro atoms. The maximum Gasteiger partial charge on any atom is 0.348 e. The Hall–Kier alpha value is -2.96. The predicted octanol–water partition coefficient (Wildman–Crippen LogP) is 2.53. The van der Waals surface area contributed by atoms with Crippen LogP contribution in [0.5, 0.6) is 23.0 Å². The van der Waals surface area contributed by atoms with Gasteiger partial charge in [0.25, 0.3) is 0 Å². The molecule has 7 heteroatoms. The average molecular weight is 304 g/mol. The number of hydrogen-bond acceptors (Lipinski definition) is 6. The summed E-state index contributed by atoms with van der Waals surface area (Å²) in [7, 11) is 1.29. The zero-order valence-corrected chi connectivity index (χ0v) is 11.3. The third-order valence-electron chi connectivity index (χ3n) is 3.58. The molecule has 0 radical (unpaired) electrons. The summed E-state index contributed by atoms with van der Waals surface area (Å²) in [5.41, 5.74) is -0.885. The lowest BCUT2D eigenvalue weighted by atomic mass is 10.1. The molecule has 2 heterocycles. The lowest BCUT2D eigenvalue weighted by Gasteiger charge is -2.10. The molecule has 2 aromatic carbocycles. The monoisotopic (exact) mass is 304 g/mol. The fourth-order valence-corrected chi connectivity index (χ4v) is 2.67. The first-order valence-electron chi connectivity index (χ1n) is 6.36. The van der Waals surface area contributed by atoms with E-state index in [1.165, 1.54) is 7.11 Å². The molecule has 0 bridgehead atoms. The van der Waals surface area contributed by atoms with Crippen molar-refractivity contribution in [2.24, 2.45) is 0 Å². The van der Waals surface area contributed by atoms with E-state index in [9.17, 15) is 14.3 Å². The summed E-state index contributed by atoms with van der Waals surface area (Å²) in [5.74, 6) is -0.672. The van der Waals surface area contributed by atoms with Crippen LogP contribution in [0.15, 0.2) is 27.4 Å². The van der Waals surface area contributed by atoms with E-state index in [0.29, 0.717) is 11.1 Å². The van der Waals surface area contributed by atoms with Gasteiger partial charge in [-0.25, -0.2) is 9.18 Å². The van der Waals surface area contributed by atoms with Crippen LogP contribution in [0.25, 0.3) is 21.7 Å². The highest BCUT2D eigenvalue weighted by atomic mass is 19.1. The molecule has 0 aliphatic carbocycles. The van der Waals surface area contributed by atoms with E-state index in [0.717, 1.165) is 6.07 Å². The van der Waals surface area contributed by atoms with Crippen molar-refractivity contribution in [2.75, 3.05) is 13.9 Å². The van der Waals surface area contributed by atoms with Gasteiger partial charge in [0.05, 0.1) is 12.5 Å². The molecule has 1 aromatic heterocycles. The van der Waals surface area contributed by atoms with Crippen LogP contribution in [-0.2, 0) is 0 Å². The number of rotatable bonds is 1. The molecule has 3 aromatic rings. The van der Waals surface area contributed by atoms with Gasteiger partial charge in [-0.05, 0) is 12.1 Å². The number of methoxy groups -OCH3 is 1. The molecule has 0 fully saturated rings. The molecule has 0 saturated carbocycles. The molecule has 6 nitrogen and oxygen atoms in total. The summed E-state index contributed by atoms with van der Waals surface area (Å²) < 4.78 is 35.0. The van der Waals surface area contributed by atoms with E-state index in [1.807, 2.05) is 0 Å². The highest BCUT2D eigenvalue weighted by molar-refractivity contribution is 6.09. The topological polar surface area (TPSA) is 78.1 Å². The number of fused-ring (bicyclic) bond motifs is 5. The summed E-state index contributed by atoms with van der Waals surface area (Å²) >= 11 is 0. The highest BCUT2D eigenvalue weighted by Crippen LogP contribution is 2.43. The lowest BCUT2D eigenvalue weighted by molar-refractivity contribution is 0.174. The van der Waals surface area contributed by atoms with Crippen molar-refractivity contribution in [1.82, 2.24) is 0 Å². The molecule has 0 saturated heterocycles. The molecule has 0 unspecified atom stereocenters. The van der Waals surface area contributed by atoms with Crippen LogP contribution in [0, 0.1) is 5.82 Å². The molecule has 0 atom stereocenters. The van der Waals surface area contributed by atoms with Gasteiger partial charge >= 0.3 is 5.63 Å². The number of benzene rings is 2. The Kier molecular flexibility index (Phi) is 2.47. The van der Waals surface area contributed by atoms with Crippen molar-refractivity contribution in [1.29, 1.82) is 0 Å². The van der Waals surface area contributed by atoms with Gasteiger partial charge < -0.3 is 23.7 Å². The second kappa shape index (κ2) is 4.27. The SMILES string of the molecule is COc1c(O)cc(F)c2c1oc(=O)c1c3c(ccc12)OCO3. The van der Waals surface area contributed by atoms with Crippen molar-refractivity contribution in [3.63, 3.8) is 0 Å². The van der Waals surface area contributed by atoms with Gasteiger partial charge in [-0.3, -0.25) is 0 Å². The van der Waals surface area contributed by atoms with Crippen molar-refractivity contribution in [3.05, 3.63) is 34.4 Å². The molecular weight excluding hydrogens is 295 g/mol. The standard InChI is InChI=1S/C15H9FO6/c1-19-12-8(17)4-7(16)10-6-2-3-9-13(21-5-20-9)11(6)15(18)22-14(10)12/h2-4,17H,5H2,1H3. The Morgan fingerprint density at radius 2 is 2.09 bits per heavy atom. The maximum atomic E-state index is 14.3. The van der Waals surface area contributed by atoms with Gasteiger partial charge in [0.1, 0.15) is 11.2 Å². The first-order valence-corrected chi connectivity index (χ1v) is 6.36. The Bertz CT molecular complexity index is 991. The Balaban J connectivity index is 2.29. The number of hydrogen-bond donors (Lipinski definition) is 1. The van der Waals surface area contributed by atoms with E-state index in [-0.39, 0.29) is 34.6 Å². The Labute approximate surface area is 122 Å². The molecule has 1 N–H and O–H groups in total.